The summed E-state index contributed by atoms with van der Waals surface area (Å²) in [6.07, 6.45) is 0.758. The molecule has 0 bridgehead atoms. The van der Waals surface area contributed by atoms with E-state index in [1.54, 1.807) is 7.11 Å². The Hall–Kier alpha value is -0.900. The Morgan fingerprint density at radius 1 is 1.18 bits per heavy atom. The van der Waals surface area contributed by atoms with Crippen molar-refractivity contribution in [2.45, 2.75) is 39.3 Å². The van der Waals surface area contributed by atoms with Gasteiger partial charge in [0.05, 0.1) is 19.3 Å². The summed E-state index contributed by atoms with van der Waals surface area (Å²) in [5, 5.41) is 0. The minimum absolute atomic E-state index is 0.0450. The normalized spacial score (nSPS) is 14.5. The molecule has 0 radical (unpaired) electrons. The minimum atomic E-state index is -0.134. The number of methoxy groups -OCH3 is 1. The fraction of sp³-hybridized carbons (Fsp3) is 0.571. The third kappa shape index (κ3) is 5.82. The zero-order valence-electron chi connectivity index (χ0n) is 10.9. The van der Waals surface area contributed by atoms with E-state index >= 15 is 0 Å². The molecule has 2 unspecified atom stereocenters. The van der Waals surface area contributed by atoms with Crippen LogP contribution in [0.5, 0.6) is 0 Å². The quantitative estimate of drug-likeness (QED) is 0.652. The summed E-state index contributed by atoms with van der Waals surface area (Å²) in [7, 11) is 1.66. The zero-order valence-corrected chi connectivity index (χ0v) is 10.9. The molecule has 0 aliphatic heterocycles. The first-order valence-electron chi connectivity index (χ1n) is 6.06. The van der Waals surface area contributed by atoms with Gasteiger partial charge in [0.2, 0.25) is 0 Å². The number of rotatable bonds is 8. The first-order valence-corrected chi connectivity index (χ1v) is 6.06. The van der Waals surface area contributed by atoms with Crippen molar-refractivity contribution >= 4 is 0 Å². The van der Waals surface area contributed by atoms with Gasteiger partial charge in [-0.3, -0.25) is 0 Å². The van der Waals surface area contributed by atoms with Crippen LogP contribution in [0.4, 0.5) is 0 Å². The zero-order chi connectivity index (χ0) is 12.5. The van der Waals surface area contributed by atoms with Gasteiger partial charge in [-0.1, -0.05) is 37.3 Å². The van der Waals surface area contributed by atoms with Crippen LogP contribution in [0.1, 0.15) is 25.8 Å². The third-order valence-corrected chi connectivity index (χ3v) is 2.44. The summed E-state index contributed by atoms with van der Waals surface area (Å²) in [6.45, 7) is 5.23. The van der Waals surface area contributed by atoms with Crippen LogP contribution in [0.2, 0.25) is 0 Å². The van der Waals surface area contributed by atoms with Gasteiger partial charge in [0.1, 0.15) is 0 Å². The predicted molar refractivity (Wildman–Crippen MR) is 67.7 cm³/mol. The summed E-state index contributed by atoms with van der Waals surface area (Å²) < 4.78 is 16.4. The third-order valence-electron chi connectivity index (χ3n) is 2.44. The Balaban J connectivity index is 2.18. The van der Waals surface area contributed by atoms with Crippen molar-refractivity contribution in [1.82, 2.24) is 0 Å². The standard InChI is InChI=1S/C14H22O3/c1-4-14(15-3)17-12(2)10-16-11-13-8-6-5-7-9-13/h5-9,12,14H,4,10-11H2,1-3H3. The molecule has 3 nitrogen and oxygen atoms in total. The van der Waals surface area contributed by atoms with Crippen molar-refractivity contribution in [2.24, 2.45) is 0 Å². The van der Waals surface area contributed by atoms with Crippen LogP contribution in [-0.2, 0) is 20.8 Å². The van der Waals surface area contributed by atoms with Crippen LogP contribution in [0.25, 0.3) is 0 Å². The smallest absolute Gasteiger partial charge is 0.157 e. The Bertz CT molecular complexity index is 283. The average molecular weight is 238 g/mol. The van der Waals surface area contributed by atoms with Crippen molar-refractivity contribution < 1.29 is 14.2 Å². The highest BCUT2D eigenvalue weighted by molar-refractivity contribution is 5.13. The molecule has 0 aliphatic rings. The van der Waals surface area contributed by atoms with Gasteiger partial charge in [-0.15, -0.1) is 0 Å². The number of ether oxygens (including phenoxy) is 3. The molecule has 0 amide bonds. The van der Waals surface area contributed by atoms with Gasteiger partial charge >= 0.3 is 0 Å². The van der Waals surface area contributed by atoms with E-state index in [4.69, 9.17) is 14.2 Å². The van der Waals surface area contributed by atoms with Crippen molar-refractivity contribution in [3.63, 3.8) is 0 Å². The molecule has 3 heteroatoms. The molecular formula is C14H22O3. The summed E-state index contributed by atoms with van der Waals surface area (Å²) in [6, 6.07) is 10.1. The summed E-state index contributed by atoms with van der Waals surface area (Å²) >= 11 is 0. The molecule has 0 saturated carbocycles. The van der Waals surface area contributed by atoms with Crippen molar-refractivity contribution in [1.29, 1.82) is 0 Å². The highest BCUT2D eigenvalue weighted by atomic mass is 16.7. The first kappa shape index (κ1) is 14.2. The molecule has 0 saturated heterocycles. The number of hydrogen-bond acceptors (Lipinski definition) is 3. The van der Waals surface area contributed by atoms with Crippen LogP contribution in [0.15, 0.2) is 30.3 Å². The summed E-state index contributed by atoms with van der Waals surface area (Å²) in [4.78, 5) is 0. The Kier molecular flexibility index (Phi) is 6.86. The lowest BCUT2D eigenvalue weighted by Crippen LogP contribution is -2.24. The second-order valence-electron chi connectivity index (χ2n) is 4.02. The van der Waals surface area contributed by atoms with Crippen LogP contribution < -0.4 is 0 Å². The van der Waals surface area contributed by atoms with Crippen LogP contribution in [-0.4, -0.2) is 26.1 Å². The van der Waals surface area contributed by atoms with Gasteiger partial charge in [-0.2, -0.15) is 0 Å². The lowest BCUT2D eigenvalue weighted by molar-refractivity contribution is -0.165. The molecule has 1 rings (SSSR count). The van der Waals surface area contributed by atoms with Crippen molar-refractivity contribution in [3.05, 3.63) is 35.9 Å². The van der Waals surface area contributed by atoms with Gasteiger partial charge in [0.15, 0.2) is 6.29 Å². The van der Waals surface area contributed by atoms with Gasteiger partial charge < -0.3 is 14.2 Å². The maximum atomic E-state index is 5.64. The molecule has 1 aromatic carbocycles. The molecule has 96 valence electrons. The topological polar surface area (TPSA) is 27.7 Å². The van der Waals surface area contributed by atoms with Crippen LogP contribution in [0.3, 0.4) is 0 Å². The second-order valence-corrected chi connectivity index (χ2v) is 4.02. The average Bonchev–Trinajstić information content (AvgIpc) is 2.37. The highest BCUT2D eigenvalue weighted by Gasteiger charge is 2.10. The van der Waals surface area contributed by atoms with E-state index in [-0.39, 0.29) is 12.4 Å². The molecular weight excluding hydrogens is 216 g/mol. The Morgan fingerprint density at radius 2 is 1.88 bits per heavy atom. The van der Waals surface area contributed by atoms with E-state index in [1.165, 1.54) is 5.56 Å². The van der Waals surface area contributed by atoms with E-state index < -0.39 is 0 Å². The maximum absolute atomic E-state index is 5.64. The largest absolute Gasteiger partial charge is 0.374 e. The maximum Gasteiger partial charge on any atom is 0.157 e. The molecule has 1 aromatic rings. The fourth-order valence-corrected chi connectivity index (χ4v) is 1.53. The number of benzene rings is 1. The van der Waals surface area contributed by atoms with Crippen LogP contribution >= 0.6 is 0 Å². The van der Waals surface area contributed by atoms with Gasteiger partial charge in [-0.25, -0.2) is 0 Å². The number of hydrogen-bond donors (Lipinski definition) is 0. The SMILES string of the molecule is CCC(OC)OC(C)COCc1ccccc1. The molecule has 0 aliphatic carbocycles. The lowest BCUT2D eigenvalue weighted by Gasteiger charge is -2.20. The van der Waals surface area contributed by atoms with Gasteiger partial charge in [-0.05, 0) is 18.9 Å². The van der Waals surface area contributed by atoms with E-state index in [9.17, 15) is 0 Å². The van der Waals surface area contributed by atoms with Crippen molar-refractivity contribution in [3.8, 4) is 0 Å². The highest BCUT2D eigenvalue weighted by Crippen LogP contribution is 2.06. The minimum Gasteiger partial charge on any atom is -0.374 e. The van der Waals surface area contributed by atoms with E-state index in [1.807, 2.05) is 32.0 Å². The van der Waals surface area contributed by atoms with Gasteiger partial charge in [0, 0.05) is 7.11 Å². The molecule has 2 atom stereocenters. The Morgan fingerprint density at radius 3 is 2.47 bits per heavy atom. The second kappa shape index (κ2) is 8.23. The fourth-order valence-electron chi connectivity index (χ4n) is 1.53. The molecule has 0 fully saturated rings. The molecule has 0 N–H and O–H groups in total. The van der Waals surface area contributed by atoms with E-state index in [0.717, 1.165) is 6.42 Å². The van der Waals surface area contributed by atoms with Crippen LogP contribution in [0, 0.1) is 0 Å². The van der Waals surface area contributed by atoms with Gasteiger partial charge in [0.25, 0.3) is 0 Å². The molecule has 0 aromatic heterocycles. The predicted octanol–water partition coefficient (Wildman–Crippen LogP) is 2.99. The Labute approximate surface area is 104 Å². The first-order chi connectivity index (χ1) is 8.26. The summed E-state index contributed by atoms with van der Waals surface area (Å²) in [5.74, 6) is 0. The summed E-state index contributed by atoms with van der Waals surface area (Å²) in [5.41, 5.74) is 1.18. The monoisotopic (exact) mass is 238 g/mol. The van der Waals surface area contributed by atoms with E-state index in [2.05, 4.69) is 12.1 Å². The molecule has 0 spiro atoms. The lowest BCUT2D eigenvalue weighted by atomic mass is 10.2. The molecule has 17 heavy (non-hydrogen) atoms. The van der Waals surface area contributed by atoms with Crippen molar-refractivity contribution in [2.75, 3.05) is 13.7 Å². The molecule has 0 heterocycles. The van der Waals surface area contributed by atoms with E-state index in [0.29, 0.717) is 13.2 Å².